The Balaban J connectivity index is 1.65. The van der Waals surface area contributed by atoms with E-state index in [2.05, 4.69) is 10.5 Å². The fourth-order valence-electron chi connectivity index (χ4n) is 3.21. The lowest BCUT2D eigenvalue weighted by molar-refractivity contribution is 0.0954. The summed E-state index contributed by atoms with van der Waals surface area (Å²) in [6.07, 6.45) is 2.43. The van der Waals surface area contributed by atoms with Crippen molar-refractivity contribution in [3.8, 4) is 23.0 Å². The maximum absolute atomic E-state index is 12.6. The third kappa shape index (κ3) is 7.92. The maximum Gasteiger partial charge on any atom is 0.271 e. The van der Waals surface area contributed by atoms with Crippen molar-refractivity contribution in [3.05, 3.63) is 82.4 Å². The highest BCUT2D eigenvalue weighted by Gasteiger charge is 2.12. The number of hydrogen-bond donors (Lipinski definition) is 1. The van der Waals surface area contributed by atoms with Gasteiger partial charge in [0.1, 0.15) is 6.61 Å². The van der Waals surface area contributed by atoms with Gasteiger partial charge in [-0.05, 0) is 79.9 Å². The minimum atomic E-state index is -0.359. The molecule has 190 valence electrons. The molecule has 0 atom stereocenters. The molecule has 0 spiro atoms. The van der Waals surface area contributed by atoms with E-state index in [1.165, 1.54) is 0 Å². The standard InChI is InChI=1S/C28H31ClN2O5/c1-4-15-35-24-14-10-22(17-27(24)34-6-3)28(32)31-30-18-21-9-13-25(26(16-21)33-5-2)36-19-20-7-11-23(29)12-8-20/h7-14,16-18H,4-6,15,19H2,1-3H3,(H,31,32)/b30-18+. The number of halogens is 1. The van der Waals surface area contributed by atoms with Gasteiger partial charge < -0.3 is 18.9 Å². The van der Waals surface area contributed by atoms with E-state index < -0.39 is 0 Å². The van der Waals surface area contributed by atoms with Crippen LogP contribution in [-0.2, 0) is 6.61 Å². The van der Waals surface area contributed by atoms with E-state index in [1.807, 2.05) is 63.2 Å². The van der Waals surface area contributed by atoms with Crippen molar-refractivity contribution in [2.45, 2.75) is 33.8 Å². The molecule has 0 aliphatic heterocycles. The summed E-state index contributed by atoms with van der Waals surface area (Å²) in [6.45, 7) is 7.71. The molecule has 0 aromatic heterocycles. The zero-order valence-electron chi connectivity index (χ0n) is 20.8. The second-order valence-corrected chi connectivity index (χ2v) is 8.13. The van der Waals surface area contributed by atoms with Crippen LogP contribution in [0, 0.1) is 0 Å². The molecule has 7 nitrogen and oxygen atoms in total. The van der Waals surface area contributed by atoms with Gasteiger partial charge in [0.15, 0.2) is 23.0 Å². The van der Waals surface area contributed by atoms with Crippen molar-refractivity contribution in [1.29, 1.82) is 0 Å². The van der Waals surface area contributed by atoms with E-state index in [-0.39, 0.29) is 5.91 Å². The van der Waals surface area contributed by atoms with Crippen LogP contribution in [0.15, 0.2) is 65.8 Å². The third-order valence-electron chi connectivity index (χ3n) is 4.92. The number of carbonyl (C=O) groups is 1. The SMILES string of the molecule is CCCOc1ccc(C(=O)N/N=C/c2ccc(OCc3ccc(Cl)cc3)c(OCC)c2)cc1OCC. The number of rotatable bonds is 13. The predicted octanol–water partition coefficient (Wildman–Crippen LogP) is 6.27. The van der Waals surface area contributed by atoms with E-state index in [0.717, 1.165) is 17.5 Å². The summed E-state index contributed by atoms with van der Waals surface area (Å²) in [6, 6.07) is 18.0. The summed E-state index contributed by atoms with van der Waals surface area (Å²) in [5.74, 6) is 1.98. The lowest BCUT2D eigenvalue weighted by Crippen LogP contribution is -2.17. The zero-order valence-corrected chi connectivity index (χ0v) is 21.5. The van der Waals surface area contributed by atoms with Crippen LogP contribution in [0.25, 0.3) is 0 Å². The average Bonchev–Trinajstić information content (AvgIpc) is 2.88. The molecule has 0 heterocycles. The number of amides is 1. The van der Waals surface area contributed by atoms with Crippen molar-refractivity contribution in [2.24, 2.45) is 5.10 Å². The van der Waals surface area contributed by atoms with E-state index in [4.69, 9.17) is 30.5 Å². The molecule has 0 radical (unpaired) electrons. The molecule has 3 aromatic carbocycles. The van der Waals surface area contributed by atoms with Crippen LogP contribution >= 0.6 is 11.6 Å². The van der Waals surface area contributed by atoms with E-state index in [1.54, 1.807) is 24.4 Å². The average molecular weight is 511 g/mol. The van der Waals surface area contributed by atoms with E-state index in [0.29, 0.717) is 60.0 Å². The van der Waals surface area contributed by atoms with Gasteiger partial charge >= 0.3 is 0 Å². The van der Waals surface area contributed by atoms with Crippen LogP contribution < -0.4 is 24.4 Å². The Hall–Kier alpha value is -3.71. The monoisotopic (exact) mass is 510 g/mol. The summed E-state index contributed by atoms with van der Waals surface area (Å²) < 4.78 is 23.0. The molecule has 0 saturated heterocycles. The minimum absolute atomic E-state index is 0.359. The Labute approximate surface area is 217 Å². The molecule has 36 heavy (non-hydrogen) atoms. The summed E-state index contributed by atoms with van der Waals surface area (Å²) in [5, 5.41) is 4.77. The predicted molar refractivity (Wildman–Crippen MR) is 142 cm³/mol. The highest BCUT2D eigenvalue weighted by atomic mass is 35.5. The number of benzene rings is 3. The van der Waals surface area contributed by atoms with Gasteiger partial charge in [-0.15, -0.1) is 0 Å². The first kappa shape index (κ1) is 26.9. The number of nitrogens with zero attached hydrogens (tertiary/aromatic N) is 1. The van der Waals surface area contributed by atoms with Gasteiger partial charge in [-0.2, -0.15) is 5.10 Å². The van der Waals surface area contributed by atoms with Gasteiger partial charge in [0, 0.05) is 10.6 Å². The lowest BCUT2D eigenvalue weighted by atomic mass is 10.2. The first-order chi connectivity index (χ1) is 17.5. The fourth-order valence-corrected chi connectivity index (χ4v) is 3.34. The summed E-state index contributed by atoms with van der Waals surface area (Å²) >= 11 is 5.94. The van der Waals surface area contributed by atoms with Crippen molar-refractivity contribution < 1.29 is 23.7 Å². The Bertz CT molecular complexity index is 1170. The van der Waals surface area contributed by atoms with Crippen LogP contribution in [0.2, 0.25) is 5.02 Å². The molecule has 0 bridgehead atoms. The zero-order chi connectivity index (χ0) is 25.8. The summed E-state index contributed by atoms with van der Waals surface area (Å²) in [4.78, 5) is 12.6. The molecule has 0 aliphatic carbocycles. The minimum Gasteiger partial charge on any atom is -0.490 e. The highest BCUT2D eigenvalue weighted by Crippen LogP contribution is 2.30. The normalized spacial score (nSPS) is 10.8. The molecule has 3 aromatic rings. The van der Waals surface area contributed by atoms with Gasteiger partial charge in [-0.1, -0.05) is 30.7 Å². The second-order valence-electron chi connectivity index (χ2n) is 7.70. The molecule has 0 aliphatic rings. The van der Waals surface area contributed by atoms with Gasteiger partial charge in [-0.3, -0.25) is 4.79 Å². The van der Waals surface area contributed by atoms with Crippen molar-refractivity contribution in [2.75, 3.05) is 19.8 Å². The van der Waals surface area contributed by atoms with E-state index >= 15 is 0 Å². The molecular weight excluding hydrogens is 480 g/mol. The van der Waals surface area contributed by atoms with Crippen molar-refractivity contribution in [1.82, 2.24) is 5.43 Å². The molecule has 0 fully saturated rings. The first-order valence-corrected chi connectivity index (χ1v) is 12.3. The number of carbonyl (C=O) groups excluding carboxylic acids is 1. The summed E-state index contributed by atoms with van der Waals surface area (Å²) in [5.41, 5.74) is 4.70. The van der Waals surface area contributed by atoms with E-state index in [9.17, 15) is 4.79 Å². The van der Waals surface area contributed by atoms with Gasteiger partial charge in [0.05, 0.1) is 26.0 Å². The van der Waals surface area contributed by atoms with Crippen LogP contribution in [-0.4, -0.2) is 31.9 Å². The van der Waals surface area contributed by atoms with Gasteiger partial charge in [0.2, 0.25) is 0 Å². The topological polar surface area (TPSA) is 78.4 Å². The Morgan fingerprint density at radius 1 is 0.833 bits per heavy atom. The maximum atomic E-state index is 12.6. The number of ether oxygens (including phenoxy) is 4. The van der Waals surface area contributed by atoms with Crippen LogP contribution in [0.3, 0.4) is 0 Å². The van der Waals surface area contributed by atoms with Crippen molar-refractivity contribution >= 4 is 23.7 Å². The highest BCUT2D eigenvalue weighted by molar-refractivity contribution is 6.30. The molecular formula is C28H31ClN2O5. The lowest BCUT2D eigenvalue weighted by Gasteiger charge is -2.13. The largest absolute Gasteiger partial charge is 0.490 e. The molecule has 8 heteroatoms. The molecule has 0 unspecified atom stereocenters. The summed E-state index contributed by atoms with van der Waals surface area (Å²) in [7, 11) is 0. The number of nitrogens with one attached hydrogen (secondary N) is 1. The molecule has 1 amide bonds. The van der Waals surface area contributed by atoms with Crippen LogP contribution in [0.1, 0.15) is 48.7 Å². The number of hydrogen-bond acceptors (Lipinski definition) is 6. The van der Waals surface area contributed by atoms with Crippen molar-refractivity contribution in [3.63, 3.8) is 0 Å². The second kappa shape index (κ2) is 14.0. The Morgan fingerprint density at radius 2 is 1.50 bits per heavy atom. The molecule has 0 saturated carbocycles. The van der Waals surface area contributed by atoms with Crippen LogP contribution in [0.5, 0.6) is 23.0 Å². The molecule has 1 N–H and O–H groups in total. The van der Waals surface area contributed by atoms with Gasteiger partial charge in [-0.25, -0.2) is 5.43 Å². The van der Waals surface area contributed by atoms with Gasteiger partial charge in [0.25, 0.3) is 5.91 Å². The third-order valence-corrected chi connectivity index (χ3v) is 5.17. The Morgan fingerprint density at radius 3 is 2.19 bits per heavy atom. The Kier molecular flexibility index (Phi) is 10.5. The van der Waals surface area contributed by atoms with Crippen LogP contribution in [0.4, 0.5) is 0 Å². The number of hydrazone groups is 1. The fraction of sp³-hybridized carbons (Fsp3) is 0.286. The molecule has 3 rings (SSSR count). The smallest absolute Gasteiger partial charge is 0.271 e. The quantitative estimate of drug-likeness (QED) is 0.216. The first-order valence-electron chi connectivity index (χ1n) is 11.9.